The second-order valence-corrected chi connectivity index (χ2v) is 5.20. The Morgan fingerprint density at radius 2 is 2.09 bits per heavy atom. The van der Waals surface area contributed by atoms with Crippen LogP contribution in [0, 0.1) is 5.92 Å². The van der Waals surface area contributed by atoms with E-state index in [1.54, 1.807) is 6.20 Å². The van der Waals surface area contributed by atoms with E-state index in [4.69, 9.17) is 0 Å². The zero-order chi connectivity index (χ0) is 15.1. The third kappa shape index (κ3) is 5.50. The third-order valence-electron chi connectivity index (χ3n) is 3.32. The molecular formula is C16H23ClN4O. The molecule has 0 aliphatic carbocycles. The highest BCUT2D eigenvalue weighted by Crippen LogP contribution is 2.07. The first-order chi connectivity index (χ1) is 10.2. The average Bonchev–Trinajstić information content (AvgIpc) is 2.98. The number of nitrogens with one attached hydrogen (secondary N) is 2. The van der Waals surface area contributed by atoms with Crippen LogP contribution in [-0.4, -0.2) is 29.3 Å². The van der Waals surface area contributed by atoms with E-state index in [-0.39, 0.29) is 24.2 Å². The molecule has 0 radical (unpaired) electrons. The van der Waals surface area contributed by atoms with E-state index < -0.39 is 0 Å². The van der Waals surface area contributed by atoms with E-state index in [1.807, 2.05) is 43.0 Å². The normalized spacial score (nSPS) is 11.5. The molecule has 1 aromatic carbocycles. The van der Waals surface area contributed by atoms with Crippen LogP contribution in [0.3, 0.4) is 0 Å². The van der Waals surface area contributed by atoms with Crippen molar-refractivity contribution in [1.29, 1.82) is 0 Å². The zero-order valence-electron chi connectivity index (χ0n) is 13.0. The van der Waals surface area contributed by atoms with Gasteiger partial charge in [0.2, 0.25) is 5.91 Å². The zero-order valence-corrected chi connectivity index (χ0v) is 13.8. The van der Waals surface area contributed by atoms with Gasteiger partial charge in [-0.1, -0.05) is 31.2 Å². The Labute approximate surface area is 137 Å². The van der Waals surface area contributed by atoms with Gasteiger partial charge >= 0.3 is 0 Å². The summed E-state index contributed by atoms with van der Waals surface area (Å²) in [5, 5.41) is 10.2. The molecule has 1 atom stereocenters. The summed E-state index contributed by atoms with van der Waals surface area (Å²) in [5.41, 5.74) is 2.28. The lowest BCUT2D eigenvalue weighted by Gasteiger charge is -2.12. The van der Waals surface area contributed by atoms with Crippen molar-refractivity contribution in [2.45, 2.75) is 20.0 Å². The average molecular weight is 323 g/mol. The number of carbonyl (C=O) groups is 1. The summed E-state index contributed by atoms with van der Waals surface area (Å²) in [5.74, 6) is 0.0455. The molecule has 120 valence electrons. The molecule has 1 heterocycles. The Balaban J connectivity index is 0.00000242. The number of halogens is 1. The largest absolute Gasteiger partial charge is 0.352 e. The summed E-state index contributed by atoms with van der Waals surface area (Å²) < 4.78 is 1.88. The molecule has 2 aromatic rings. The van der Waals surface area contributed by atoms with Crippen LogP contribution in [0.2, 0.25) is 0 Å². The van der Waals surface area contributed by atoms with Crippen LogP contribution in [0.25, 0.3) is 0 Å². The standard InChI is InChI=1S/C16H22N4O.ClH/c1-13(10-17-2)16(21)18-11-14-5-3-6-15(9-14)12-20-8-4-7-19-20;/h3-9,13,17H,10-12H2,1-2H3,(H,18,21);1H. The lowest BCUT2D eigenvalue weighted by atomic mass is 10.1. The van der Waals surface area contributed by atoms with Gasteiger partial charge in [-0.25, -0.2) is 0 Å². The second-order valence-electron chi connectivity index (χ2n) is 5.20. The van der Waals surface area contributed by atoms with E-state index in [0.717, 1.165) is 12.1 Å². The van der Waals surface area contributed by atoms with Gasteiger partial charge in [-0.15, -0.1) is 12.4 Å². The number of amides is 1. The molecule has 0 spiro atoms. The highest BCUT2D eigenvalue weighted by Gasteiger charge is 2.10. The Morgan fingerprint density at radius 1 is 1.32 bits per heavy atom. The van der Waals surface area contributed by atoms with Gasteiger partial charge in [0, 0.05) is 31.4 Å². The summed E-state index contributed by atoms with van der Waals surface area (Å²) in [7, 11) is 1.85. The van der Waals surface area contributed by atoms with E-state index in [9.17, 15) is 4.79 Å². The van der Waals surface area contributed by atoms with Crippen molar-refractivity contribution in [3.8, 4) is 0 Å². The number of aromatic nitrogens is 2. The smallest absolute Gasteiger partial charge is 0.224 e. The first-order valence-electron chi connectivity index (χ1n) is 7.16. The predicted octanol–water partition coefficient (Wildman–Crippen LogP) is 1.82. The van der Waals surface area contributed by atoms with Crippen molar-refractivity contribution in [2.24, 2.45) is 5.92 Å². The molecule has 0 aliphatic rings. The number of rotatable bonds is 7. The van der Waals surface area contributed by atoms with Gasteiger partial charge < -0.3 is 10.6 Å². The number of carbonyl (C=O) groups excluding carboxylic acids is 1. The summed E-state index contributed by atoms with van der Waals surface area (Å²) in [6.45, 7) is 3.90. The molecule has 0 saturated carbocycles. The maximum atomic E-state index is 11.9. The molecule has 1 unspecified atom stereocenters. The van der Waals surface area contributed by atoms with Gasteiger partial charge in [-0.2, -0.15) is 5.10 Å². The number of hydrogen-bond acceptors (Lipinski definition) is 3. The fourth-order valence-electron chi connectivity index (χ4n) is 2.18. The van der Waals surface area contributed by atoms with Crippen molar-refractivity contribution < 1.29 is 4.79 Å². The van der Waals surface area contributed by atoms with E-state index in [2.05, 4.69) is 27.9 Å². The minimum absolute atomic E-state index is 0. The highest BCUT2D eigenvalue weighted by molar-refractivity contribution is 5.85. The van der Waals surface area contributed by atoms with Crippen LogP contribution in [0.4, 0.5) is 0 Å². The highest BCUT2D eigenvalue weighted by atomic mass is 35.5. The fourth-order valence-corrected chi connectivity index (χ4v) is 2.18. The topological polar surface area (TPSA) is 59.0 Å². The molecule has 2 rings (SSSR count). The SMILES string of the molecule is CNCC(C)C(=O)NCc1cccc(Cn2cccn2)c1.Cl. The van der Waals surface area contributed by atoms with Crippen LogP contribution < -0.4 is 10.6 Å². The van der Waals surface area contributed by atoms with Crippen LogP contribution in [-0.2, 0) is 17.9 Å². The maximum absolute atomic E-state index is 11.9. The summed E-state index contributed by atoms with van der Waals surface area (Å²) >= 11 is 0. The second kappa shape index (κ2) is 9.23. The minimum atomic E-state index is -0.0257. The van der Waals surface area contributed by atoms with Crippen molar-refractivity contribution in [3.63, 3.8) is 0 Å². The summed E-state index contributed by atoms with van der Waals surface area (Å²) in [6.07, 6.45) is 3.71. The number of benzene rings is 1. The monoisotopic (exact) mass is 322 g/mol. The van der Waals surface area contributed by atoms with E-state index in [0.29, 0.717) is 13.1 Å². The minimum Gasteiger partial charge on any atom is -0.352 e. The molecule has 0 saturated heterocycles. The van der Waals surface area contributed by atoms with Crippen molar-refractivity contribution in [1.82, 2.24) is 20.4 Å². The molecule has 2 N–H and O–H groups in total. The molecule has 1 amide bonds. The molecular weight excluding hydrogens is 300 g/mol. The lowest BCUT2D eigenvalue weighted by Crippen LogP contribution is -2.33. The van der Waals surface area contributed by atoms with Crippen molar-refractivity contribution in [3.05, 3.63) is 53.9 Å². The fraction of sp³-hybridized carbons (Fsp3) is 0.375. The summed E-state index contributed by atoms with van der Waals surface area (Å²) in [4.78, 5) is 11.9. The van der Waals surface area contributed by atoms with Gasteiger partial charge in [-0.05, 0) is 24.2 Å². The Bertz CT molecular complexity index is 571. The molecule has 0 fully saturated rings. The van der Waals surface area contributed by atoms with Crippen molar-refractivity contribution >= 4 is 18.3 Å². The molecule has 0 bridgehead atoms. The number of nitrogens with zero attached hydrogens (tertiary/aromatic N) is 2. The Kier molecular flexibility index (Phi) is 7.63. The van der Waals surface area contributed by atoms with Crippen LogP contribution in [0.5, 0.6) is 0 Å². The Morgan fingerprint density at radius 3 is 2.77 bits per heavy atom. The first-order valence-corrected chi connectivity index (χ1v) is 7.16. The van der Waals surface area contributed by atoms with Gasteiger partial charge in [0.05, 0.1) is 6.54 Å². The maximum Gasteiger partial charge on any atom is 0.224 e. The molecule has 22 heavy (non-hydrogen) atoms. The van der Waals surface area contributed by atoms with Crippen LogP contribution in [0.1, 0.15) is 18.1 Å². The lowest BCUT2D eigenvalue weighted by molar-refractivity contribution is -0.124. The molecule has 0 aliphatic heterocycles. The van der Waals surface area contributed by atoms with Crippen molar-refractivity contribution in [2.75, 3.05) is 13.6 Å². The van der Waals surface area contributed by atoms with Gasteiger partial charge in [-0.3, -0.25) is 9.48 Å². The summed E-state index contributed by atoms with van der Waals surface area (Å²) in [6, 6.07) is 10.1. The number of hydrogen-bond donors (Lipinski definition) is 2. The van der Waals surface area contributed by atoms with Gasteiger partial charge in [0.15, 0.2) is 0 Å². The molecule has 1 aromatic heterocycles. The van der Waals surface area contributed by atoms with E-state index >= 15 is 0 Å². The van der Waals surface area contributed by atoms with Gasteiger partial charge in [0.1, 0.15) is 0 Å². The molecule has 5 nitrogen and oxygen atoms in total. The quantitative estimate of drug-likeness (QED) is 0.817. The first kappa shape index (κ1) is 18.2. The predicted molar refractivity (Wildman–Crippen MR) is 90.0 cm³/mol. The van der Waals surface area contributed by atoms with Gasteiger partial charge in [0.25, 0.3) is 0 Å². The molecule has 6 heteroatoms. The third-order valence-corrected chi connectivity index (χ3v) is 3.32. The van der Waals surface area contributed by atoms with Crippen LogP contribution in [0.15, 0.2) is 42.7 Å². The van der Waals surface area contributed by atoms with E-state index in [1.165, 1.54) is 5.56 Å². The Hall–Kier alpha value is -1.85. The van der Waals surface area contributed by atoms with Crippen LogP contribution >= 0.6 is 12.4 Å².